The van der Waals surface area contributed by atoms with Crippen LogP contribution in [0.2, 0.25) is 0 Å². The molecule has 0 unspecified atom stereocenters. The molecule has 0 saturated carbocycles. The van der Waals surface area contributed by atoms with Gasteiger partial charge < -0.3 is 4.84 Å². The van der Waals surface area contributed by atoms with Crippen molar-refractivity contribution in [1.29, 1.82) is 0 Å². The van der Waals surface area contributed by atoms with Crippen molar-refractivity contribution in [2.45, 2.75) is 71.9 Å². The average molecular weight is 213 g/mol. The molecule has 2 heteroatoms. The molecule has 1 aliphatic heterocycles. The van der Waals surface area contributed by atoms with E-state index in [0.29, 0.717) is 5.41 Å². The lowest BCUT2D eigenvalue weighted by atomic mass is 9.65. The van der Waals surface area contributed by atoms with E-state index in [-0.39, 0.29) is 11.1 Å². The van der Waals surface area contributed by atoms with Crippen LogP contribution in [0.1, 0.15) is 60.8 Å². The number of piperidine rings is 1. The summed E-state index contributed by atoms with van der Waals surface area (Å²) in [7, 11) is 1.79. The van der Waals surface area contributed by atoms with Crippen molar-refractivity contribution in [3.05, 3.63) is 0 Å². The van der Waals surface area contributed by atoms with E-state index in [1.54, 1.807) is 7.11 Å². The van der Waals surface area contributed by atoms with Crippen molar-refractivity contribution in [2.75, 3.05) is 7.11 Å². The molecule has 0 N–H and O–H groups in total. The minimum Gasteiger partial charge on any atom is -0.301 e. The maximum absolute atomic E-state index is 5.59. The predicted octanol–water partition coefficient (Wildman–Crippen LogP) is 3.62. The Kier molecular flexibility index (Phi) is 3.24. The van der Waals surface area contributed by atoms with E-state index in [1.165, 1.54) is 19.3 Å². The fraction of sp³-hybridized carbons (Fsp3) is 1.00. The maximum atomic E-state index is 5.59. The fourth-order valence-corrected chi connectivity index (χ4v) is 3.86. The fourth-order valence-electron chi connectivity index (χ4n) is 3.86. The normalized spacial score (nSPS) is 29.0. The van der Waals surface area contributed by atoms with Gasteiger partial charge in [-0.25, -0.2) is 0 Å². The van der Waals surface area contributed by atoms with Gasteiger partial charge in [0.15, 0.2) is 0 Å². The van der Waals surface area contributed by atoms with Gasteiger partial charge >= 0.3 is 0 Å². The summed E-state index contributed by atoms with van der Waals surface area (Å²) in [5.74, 6) is 0. The Morgan fingerprint density at radius 2 is 1.40 bits per heavy atom. The Morgan fingerprint density at radius 1 is 1.00 bits per heavy atom. The minimum absolute atomic E-state index is 0.126. The van der Waals surface area contributed by atoms with Crippen LogP contribution in [0.15, 0.2) is 0 Å². The van der Waals surface area contributed by atoms with Crippen molar-refractivity contribution in [1.82, 2.24) is 5.06 Å². The van der Waals surface area contributed by atoms with Crippen molar-refractivity contribution >= 4 is 0 Å². The third kappa shape index (κ3) is 2.36. The van der Waals surface area contributed by atoms with E-state index >= 15 is 0 Å². The van der Waals surface area contributed by atoms with Crippen LogP contribution in [0.3, 0.4) is 0 Å². The Labute approximate surface area is 94.9 Å². The van der Waals surface area contributed by atoms with E-state index in [0.717, 1.165) is 0 Å². The van der Waals surface area contributed by atoms with E-state index in [4.69, 9.17) is 4.84 Å². The lowest BCUT2D eigenvalue weighted by Gasteiger charge is -2.57. The molecule has 1 heterocycles. The molecule has 0 aromatic heterocycles. The Hall–Kier alpha value is -0.0800. The molecule has 1 rings (SSSR count). The van der Waals surface area contributed by atoms with Crippen LogP contribution in [0.25, 0.3) is 0 Å². The highest BCUT2D eigenvalue weighted by molar-refractivity contribution is 5.00. The molecule has 1 saturated heterocycles. The molecule has 0 bridgehead atoms. The van der Waals surface area contributed by atoms with Gasteiger partial charge in [-0.3, -0.25) is 0 Å². The third-order valence-corrected chi connectivity index (χ3v) is 3.85. The zero-order valence-electron chi connectivity index (χ0n) is 11.5. The molecule has 0 amide bonds. The average Bonchev–Trinajstić information content (AvgIpc) is 1.99. The number of rotatable bonds is 2. The van der Waals surface area contributed by atoms with Crippen LogP contribution in [0.4, 0.5) is 0 Å². The highest BCUT2D eigenvalue weighted by atomic mass is 16.7. The van der Waals surface area contributed by atoms with Gasteiger partial charge in [-0.1, -0.05) is 20.3 Å². The highest BCUT2D eigenvalue weighted by Crippen LogP contribution is 2.49. The summed E-state index contributed by atoms with van der Waals surface area (Å²) >= 11 is 0. The van der Waals surface area contributed by atoms with Crippen LogP contribution in [-0.2, 0) is 4.84 Å². The molecular weight excluding hydrogens is 186 g/mol. The minimum atomic E-state index is 0.126. The van der Waals surface area contributed by atoms with E-state index in [2.05, 4.69) is 46.6 Å². The summed E-state index contributed by atoms with van der Waals surface area (Å²) in [4.78, 5) is 5.59. The lowest BCUT2D eigenvalue weighted by Crippen LogP contribution is -2.62. The second-order valence-corrected chi connectivity index (χ2v) is 6.62. The number of nitrogens with zero attached hydrogens (tertiary/aromatic N) is 1. The molecule has 0 atom stereocenters. The molecule has 90 valence electrons. The molecule has 2 nitrogen and oxygen atoms in total. The summed E-state index contributed by atoms with van der Waals surface area (Å²) in [5.41, 5.74) is 0.699. The molecule has 0 aliphatic carbocycles. The zero-order valence-corrected chi connectivity index (χ0v) is 11.5. The molecule has 1 aliphatic rings. The quantitative estimate of drug-likeness (QED) is 0.694. The largest absolute Gasteiger partial charge is 0.301 e. The van der Waals surface area contributed by atoms with Gasteiger partial charge in [0.2, 0.25) is 0 Å². The highest BCUT2D eigenvalue weighted by Gasteiger charge is 2.50. The van der Waals surface area contributed by atoms with Gasteiger partial charge in [0.05, 0.1) is 7.11 Å². The first kappa shape index (κ1) is 13.0. The van der Waals surface area contributed by atoms with Gasteiger partial charge in [0.1, 0.15) is 0 Å². The van der Waals surface area contributed by atoms with Gasteiger partial charge in [-0.15, -0.1) is 0 Å². The smallest absolute Gasteiger partial charge is 0.0575 e. The van der Waals surface area contributed by atoms with E-state index in [9.17, 15) is 0 Å². The summed E-state index contributed by atoms with van der Waals surface area (Å²) in [6.45, 7) is 13.8. The first-order valence-corrected chi connectivity index (χ1v) is 6.01. The number of hydrogen-bond acceptors (Lipinski definition) is 2. The van der Waals surface area contributed by atoms with Crippen molar-refractivity contribution < 1.29 is 4.84 Å². The lowest BCUT2D eigenvalue weighted by molar-refractivity contribution is -0.281. The molecule has 1 fully saturated rings. The van der Waals surface area contributed by atoms with Gasteiger partial charge in [0, 0.05) is 11.1 Å². The molecule has 0 aromatic carbocycles. The summed E-state index contributed by atoms with van der Waals surface area (Å²) in [5, 5.41) is 2.18. The summed E-state index contributed by atoms with van der Waals surface area (Å²) < 4.78 is 0. The van der Waals surface area contributed by atoms with Crippen LogP contribution in [0.5, 0.6) is 0 Å². The van der Waals surface area contributed by atoms with Crippen molar-refractivity contribution in [2.24, 2.45) is 5.41 Å². The second-order valence-electron chi connectivity index (χ2n) is 6.62. The zero-order chi connectivity index (χ0) is 11.9. The summed E-state index contributed by atoms with van der Waals surface area (Å²) in [6.07, 6.45) is 3.65. The van der Waals surface area contributed by atoms with Crippen LogP contribution >= 0.6 is 0 Å². The summed E-state index contributed by atoms with van der Waals surface area (Å²) in [6, 6.07) is 0. The van der Waals surface area contributed by atoms with Gasteiger partial charge in [-0.2, -0.15) is 5.06 Å². The first-order chi connectivity index (χ1) is 6.67. The molecule has 0 radical (unpaired) electrons. The molecule has 15 heavy (non-hydrogen) atoms. The SMILES string of the molecule is CCC1(C)CC(C)(C)N(OC)C(C)(C)C1. The molecule has 0 aromatic rings. The molecular formula is C13H27NO. The van der Waals surface area contributed by atoms with Gasteiger partial charge in [-0.05, 0) is 46.0 Å². The van der Waals surface area contributed by atoms with E-state index < -0.39 is 0 Å². The number of hydrogen-bond donors (Lipinski definition) is 0. The van der Waals surface area contributed by atoms with E-state index in [1.807, 2.05) is 0 Å². The van der Waals surface area contributed by atoms with Crippen LogP contribution < -0.4 is 0 Å². The second kappa shape index (κ2) is 3.74. The van der Waals surface area contributed by atoms with Crippen LogP contribution in [0, 0.1) is 5.41 Å². The predicted molar refractivity (Wildman–Crippen MR) is 64.6 cm³/mol. The van der Waals surface area contributed by atoms with Crippen molar-refractivity contribution in [3.63, 3.8) is 0 Å². The standard InChI is InChI=1S/C13H27NO/c1-8-13(6)9-11(2,3)14(15-7)12(4,5)10-13/h8-10H2,1-7H3. The first-order valence-electron chi connectivity index (χ1n) is 6.01. The monoisotopic (exact) mass is 213 g/mol. The van der Waals surface area contributed by atoms with Crippen molar-refractivity contribution in [3.8, 4) is 0 Å². The molecule has 0 spiro atoms. The Balaban J connectivity index is 3.01. The third-order valence-electron chi connectivity index (χ3n) is 3.85. The maximum Gasteiger partial charge on any atom is 0.0575 e. The Bertz CT molecular complexity index is 215. The van der Waals surface area contributed by atoms with Crippen LogP contribution in [-0.4, -0.2) is 23.3 Å². The van der Waals surface area contributed by atoms with Gasteiger partial charge in [0.25, 0.3) is 0 Å². The Morgan fingerprint density at radius 3 is 1.67 bits per heavy atom. The topological polar surface area (TPSA) is 12.5 Å². The number of hydroxylamine groups is 2.